The van der Waals surface area contributed by atoms with Gasteiger partial charge in [0.05, 0.1) is 11.6 Å². The Hall–Kier alpha value is -3.17. The van der Waals surface area contributed by atoms with Crippen molar-refractivity contribution >= 4 is 24.4 Å². The first-order chi connectivity index (χ1) is 18.5. The normalized spacial score (nSPS) is 20.8. The van der Waals surface area contributed by atoms with Crippen LogP contribution >= 0.6 is 0 Å². The van der Waals surface area contributed by atoms with E-state index >= 15 is 0 Å². The first-order valence-corrected chi connectivity index (χ1v) is 13.6. The summed E-state index contributed by atoms with van der Waals surface area (Å²) < 4.78 is 0. The largest absolute Gasteiger partial charge is 2.00 e. The van der Waals surface area contributed by atoms with E-state index in [0.717, 1.165) is 69.9 Å². The van der Waals surface area contributed by atoms with Crippen LogP contribution in [0, 0.1) is 5.92 Å². The molecule has 2 bridgehead atoms. The third-order valence-corrected chi connectivity index (χ3v) is 6.92. The molecule has 0 heterocycles. The number of rotatable bonds is 8. The van der Waals surface area contributed by atoms with Crippen molar-refractivity contribution in [2.24, 2.45) is 15.9 Å². The van der Waals surface area contributed by atoms with E-state index in [-0.39, 0.29) is 39.9 Å². The third kappa shape index (κ3) is 10.8. The monoisotopic (exact) mass is 595 g/mol. The fourth-order valence-corrected chi connectivity index (χ4v) is 5.27. The van der Waals surface area contributed by atoms with Gasteiger partial charge in [-0.1, -0.05) is 38.8 Å². The predicted octanol–water partition coefficient (Wildman–Crippen LogP) is 3.36. The maximum Gasteiger partial charge on any atom is 2.00 e. The molecule has 3 atom stereocenters. The van der Waals surface area contributed by atoms with E-state index < -0.39 is 11.9 Å². The quantitative estimate of drug-likeness (QED) is 0.448. The Balaban J connectivity index is 0.000000789. The first kappa shape index (κ1) is 34.9. The van der Waals surface area contributed by atoms with Crippen molar-refractivity contribution in [2.45, 2.75) is 90.6 Å². The Bertz CT molecular complexity index is 1160. The van der Waals surface area contributed by atoms with Crippen molar-refractivity contribution in [1.82, 2.24) is 0 Å². The Morgan fingerprint density at radius 3 is 1.85 bits per heavy atom. The van der Waals surface area contributed by atoms with Crippen molar-refractivity contribution in [3.8, 4) is 11.5 Å². The molecule has 0 saturated heterocycles. The van der Waals surface area contributed by atoms with Crippen LogP contribution in [0.5, 0.6) is 11.5 Å². The van der Waals surface area contributed by atoms with Gasteiger partial charge in [-0.3, -0.25) is 9.98 Å². The molecular weight excluding hydrogens is 555 g/mol. The number of carboxylic acid groups (broad SMARTS) is 2. The number of aliphatic carboxylic acids is 2. The number of phenols is 2. The number of aryl methyl sites for hydroxylation is 2. The van der Waals surface area contributed by atoms with Gasteiger partial charge in [0.2, 0.25) is 0 Å². The van der Waals surface area contributed by atoms with Gasteiger partial charge in [-0.15, -0.1) is 0 Å². The Morgan fingerprint density at radius 1 is 0.925 bits per heavy atom. The molecule has 0 spiro atoms. The van der Waals surface area contributed by atoms with Gasteiger partial charge < -0.3 is 30.0 Å². The van der Waals surface area contributed by atoms with Gasteiger partial charge in [-0.25, -0.2) is 0 Å². The second kappa shape index (κ2) is 16.8. The summed E-state index contributed by atoms with van der Waals surface area (Å²) in [6.07, 6.45) is 12.2. The molecule has 8 nitrogen and oxygen atoms in total. The molecule has 0 aromatic heterocycles. The predicted molar refractivity (Wildman–Crippen MR) is 149 cm³/mol. The summed E-state index contributed by atoms with van der Waals surface area (Å²) in [6, 6.07) is 11.7. The first-order valence-electron chi connectivity index (χ1n) is 13.6. The second-order valence-corrected chi connectivity index (χ2v) is 10.3. The zero-order valence-corrected chi connectivity index (χ0v) is 24.7. The van der Waals surface area contributed by atoms with Gasteiger partial charge in [0.1, 0.15) is 11.5 Å². The smallest absolute Gasteiger partial charge is 0.550 e. The number of carbonyl (C=O) groups excluding carboxylic acids is 2. The molecule has 2 fully saturated rings. The van der Waals surface area contributed by atoms with Gasteiger partial charge in [0.25, 0.3) is 0 Å². The molecular formula is C31H40CoN2O6. The van der Waals surface area contributed by atoms with E-state index in [9.17, 15) is 10.2 Å². The fourth-order valence-electron chi connectivity index (χ4n) is 5.27. The number of hydrogen-bond donors (Lipinski definition) is 2. The van der Waals surface area contributed by atoms with Crippen molar-refractivity contribution in [3.63, 3.8) is 0 Å². The van der Waals surface area contributed by atoms with Crippen LogP contribution in [0.15, 0.2) is 46.4 Å². The van der Waals surface area contributed by atoms with Crippen molar-refractivity contribution in [1.29, 1.82) is 0 Å². The zero-order valence-electron chi connectivity index (χ0n) is 23.7. The van der Waals surface area contributed by atoms with E-state index in [1.807, 2.05) is 30.6 Å². The van der Waals surface area contributed by atoms with Crippen molar-refractivity contribution < 1.29 is 46.8 Å². The minimum atomic E-state index is -1.08. The number of phenolic OH excluding ortho intramolecular Hbond substituents is 2. The molecule has 2 aliphatic rings. The molecule has 219 valence electrons. The maximum atomic E-state index is 10.3. The number of aromatic hydroxyl groups is 2. The molecule has 0 amide bonds. The minimum absolute atomic E-state index is 0. The SMILES string of the molecule is CC(=O)[O-].CC(=O)[O-].CCCc1ccc(O)c(C=NC2CC3CCC2(N=Cc2cc(CCC)ccc2O)C3)c1.[Co+2]. The van der Waals surface area contributed by atoms with Crippen LogP contribution in [0.3, 0.4) is 0 Å². The molecule has 2 saturated carbocycles. The Morgan fingerprint density at radius 2 is 1.40 bits per heavy atom. The van der Waals surface area contributed by atoms with Gasteiger partial charge in [-0.05, 0) is 93.7 Å². The summed E-state index contributed by atoms with van der Waals surface area (Å²) in [6.45, 7) is 6.27. The van der Waals surface area contributed by atoms with Crippen LogP contribution < -0.4 is 10.2 Å². The molecule has 3 unspecified atom stereocenters. The second-order valence-electron chi connectivity index (χ2n) is 10.3. The van der Waals surface area contributed by atoms with Gasteiger partial charge in [0, 0.05) is 35.5 Å². The van der Waals surface area contributed by atoms with Gasteiger partial charge >= 0.3 is 16.8 Å². The summed E-state index contributed by atoms with van der Waals surface area (Å²) in [7, 11) is 0. The molecule has 2 aromatic rings. The average molecular weight is 596 g/mol. The van der Waals surface area contributed by atoms with Crippen molar-refractivity contribution in [2.75, 3.05) is 0 Å². The fraction of sp³-hybridized carbons (Fsp3) is 0.484. The number of carbonyl (C=O) groups is 2. The molecule has 1 radical (unpaired) electrons. The number of fused-ring (bicyclic) bond motifs is 2. The number of aliphatic imine (C=N–C) groups is 2. The molecule has 2 aromatic carbocycles. The van der Waals surface area contributed by atoms with Crippen LogP contribution in [0.4, 0.5) is 0 Å². The molecule has 9 heteroatoms. The summed E-state index contributed by atoms with van der Waals surface area (Å²) >= 11 is 0. The molecule has 40 heavy (non-hydrogen) atoms. The summed E-state index contributed by atoms with van der Waals surface area (Å²) in [4.78, 5) is 27.8. The van der Waals surface area contributed by atoms with Crippen LogP contribution in [-0.2, 0) is 39.2 Å². The molecule has 2 aliphatic carbocycles. The molecule has 2 N–H and O–H groups in total. The van der Waals surface area contributed by atoms with E-state index in [1.165, 1.54) is 17.5 Å². The van der Waals surface area contributed by atoms with E-state index in [1.54, 1.807) is 12.1 Å². The number of hydrogen-bond acceptors (Lipinski definition) is 8. The van der Waals surface area contributed by atoms with Gasteiger partial charge in [-0.2, -0.15) is 0 Å². The van der Waals surface area contributed by atoms with Gasteiger partial charge in [0.15, 0.2) is 0 Å². The molecule has 4 rings (SSSR count). The van der Waals surface area contributed by atoms with Crippen LogP contribution in [0.25, 0.3) is 0 Å². The maximum absolute atomic E-state index is 10.3. The van der Waals surface area contributed by atoms with Crippen LogP contribution in [0.1, 0.15) is 88.5 Å². The summed E-state index contributed by atoms with van der Waals surface area (Å²) in [5.74, 6) is -0.938. The standard InChI is InChI=1S/C27H34N2O2.2C2H4O2.Co/c1-3-5-19-7-9-24(30)22(13-19)17-28-26-15-21-11-12-27(26,16-21)29-18-23-14-20(6-4-2)8-10-25(23)31;2*1-2(3)4;/h7-10,13-14,17-18,21,26,30-31H,3-6,11-12,15-16H2,1-2H3;2*1H3,(H,3,4);/q;;;+2/p-2. The van der Waals surface area contributed by atoms with E-state index in [4.69, 9.17) is 29.8 Å². The Kier molecular flexibility index (Phi) is 14.7. The number of nitrogens with zero attached hydrogens (tertiary/aromatic N) is 2. The summed E-state index contributed by atoms with van der Waals surface area (Å²) in [5.41, 5.74) is 3.85. The zero-order chi connectivity index (χ0) is 29.0. The topological polar surface area (TPSA) is 145 Å². The number of carboxylic acids is 2. The average Bonchev–Trinajstić information content (AvgIpc) is 3.43. The van der Waals surface area contributed by atoms with Crippen LogP contribution in [0.2, 0.25) is 0 Å². The third-order valence-electron chi connectivity index (χ3n) is 6.92. The van der Waals surface area contributed by atoms with Crippen molar-refractivity contribution in [3.05, 3.63) is 58.7 Å². The van der Waals surface area contributed by atoms with E-state index in [0.29, 0.717) is 5.92 Å². The Labute approximate surface area is 247 Å². The minimum Gasteiger partial charge on any atom is -0.550 e. The molecule has 0 aliphatic heterocycles. The van der Waals surface area contributed by atoms with E-state index in [2.05, 4.69) is 19.9 Å². The summed E-state index contributed by atoms with van der Waals surface area (Å²) in [5, 5.41) is 38.4. The number of benzene rings is 2. The van der Waals surface area contributed by atoms with Crippen LogP contribution in [-0.4, -0.2) is 46.2 Å².